The molecule has 98 valence electrons. The first-order valence-electron chi connectivity index (χ1n) is 5.98. The third-order valence-electron chi connectivity index (χ3n) is 3.64. The lowest BCUT2D eigenvalue weighted by molar-refractivity contribution is -0.190. The summed E-state index contributed by atoms with van der Waals surface area (Å²) in [6.07, 6.45) is 0.357. The van der Waals surface area contributed by atoms with Crippen molar-refractivity contribution >= 4 is 0 Å². The molecule has 3 nitrogen and oxygen atoms in total. The molecule has 0 aromatic heterocycles. The van der Waals surface area contributed by atoms with Crippen LogP contribution in [-0.2, 0) is 15.9 Å². The van der Waals surface area contributed by atoms with Gasteiger partial charge < -0.3 is 14.2 Å². The van der Waals surface area contributed by atoms with Crippen molar-refractivity contribution in [3.05, 3.63) is 29.3 Å². The molecule has 0 N–H and O–H groups in total. The lowest BCUT2D eigenvalue weighted by Crippen LogP contribution is -2.42. The summed E-state index contributed by atoms with van der Waals surface area (Å²) in [7, 11) is 0. The van der Waals surface area contributed by atoms with Crippen molar-refractivity contribution < 1.29 is 23.0 Å². The minimum Gasteiger partial charge on any atom is -0.490 e. The van der Waals surface area contributed by atoms with E-state index in [-0.39, 0.29) is 23.8 Å². The number of ether oxygens (including phenoxy) is 3. The molecule has 0 saturated carbocycles. The molecular weight excluding hydrogens is 242 g/mol. The predicted molar refractivity (Wildman–Crippen MR) is 59.4 cm³/mol. The molecule has 2 heterocycles. The molecule has 0 spiro atoms. The quantitative estimate of drug-likeness (QED) is 0.771. The van der Waals surface area contributed by atoms with E-state index in [2.05, 4.69) is 0 Å². The van der Waals surface area contributed by atoms with Crippen molar-refractivity contribution in [2.75, 3.05) is 19.8 Å². The highest BCUT2D eigenvalue weighted by atomic mass is 19.1. The lowest BCUT2D eigenvalue weighted by atomic mass is 9.90. The number of benzene rings is 1. The van der Waals surface area contributed by atoms with Gasteiger partial charge in [0.2, 0.25) is 0 Å². The standard InChI is InChI=1S/C13H14F2O3/c1-13(17-4-5-18-13)8-6-9-10(14)2-3-11(15)12(9)16-7-8/h2-3,8H,4-7H2,1H3/t8-/m0/s1. The molecule has 1 saturated heterocycles. The molecule has 0 amide bonds. The van der Waals surface area contributed by atoms with E-state index >= 15 is 0 Å². The van der Waals surface area contributed by atoms with Crippen LogP contribution in [0.5, 0.6) is 5.75 Å². The van der Waals surface area contributed by atoms with Gasteiger partial charge >= 0.3 is 0 Å². The summed E-state index contributed by atoms with van der Waals surface area (Å²) >= 11 is 0. The van der Waals surface area contributed by atoms with Crippen LogP contribution in [0.25, 0.3) is 0 Å². The molecule has 3 rings (SSSR count). The summed E-state index contributed by atoms with van der Waals surface area (Å²) in [6, 6.07) is 2.21. The van der Waals surface area contributed by atoms with Crippen molar-refractivity contribution in [1.82, 2.24) is 0 Å². The monoisotopic (exact) mass is 256 g/mol. The van der Waals surface area contributed by atoms with Crippen LogP contribution in [0.1, 0.15) is 12.5 Å². The van der Waals surface area contributed by atoms with Crippen molar-refractivity contribution in [1.29, 1.82) is 0 Å². The Labute approximate surface area is 104 Å². The highest BCUT2D eigenvalue weighted by Crippen LogP contribution is 2.38. The number of hydrogen-bond donors (Lipinski definition) is 0. The lowest BCUT2D eigenvalue weighted by Gasteiger charge is -2.35. The van der Waals surface area contributed by atoms with Crippen molar-refractivity contribution in [2.45, 2.75) is 19.1 Å². The van der Waals surface area contributed by atoms with Crippen molar-refractivity contribution in [3.63, 3.8) is 0 Å². The zero-order valence-corrected chi connectivity index (χ0v) is 10.0. The average molecular weight is 256 g/mol. The van der Waals surface area contributed by atoms with Crippen molar-refractivity contribution in [2.24, 2.45) is 5.92 Å². The maximum Gasteiger partial charge on any atom is 0.172 e. The van der Waals surface area contributed by atoms with E-state index in [0.29, 0.717) is 19.6 Å². The van der Waals surface area contributed by atoms with Gasteiger partial charge in [0.05, 0.1) is 25.7 Å². The zero-order valence-electron chi connectivity index (χ0n) is 10.0. The molecule has 0 bridgehead atoms. The van der Waals surface area contributed by atoms with Gasteiger partial charge in [-0.2, -0.15) is 0 Å². The largest absolute Gasteiger partial charge is 0.490 e. The summed E-state index contributed by atoms with van der Waals surface area (Å²) in [5.74, 6) is -1.85. The number of rotatable bonds is 1. The summed E-state index contributed by atoms with van der Waals surface area (Å²) in [6.45, 7) is 3.12. The maximum absolute atomic E-state index is 13.7. The van der Waals surface area contributed by atoms with Crippen LogP contribution in [0.15, 0.2) is 12.1 Å². The average Bonchev–Trinajstić information content (AvgIpc) is 2.82. The van der Waals surface area contributed by atoms with Gasteiger partial charge in [-0.15, -0.1) is 0 Å². The Morgan fingerprint density at radius 2 is 1.83 bits per heavy atom. The number of halogens is 2. The van der Waals surface area contributed by atoms with Gasteiger partial charge in [0, 0.05) is 5.56 Å². The van der Waals surface area contributed by atoms with E-state index in [9.17, 15) is 8.78 Å². The first-order valence-corrected chi connectivity index (χ1v) is 5.98. The molecule has 5 heteroatoms. The van der Waals surface area contributed by atoms with Crippen LogP contribution in [0.3, 0.4) is 0 Å². The van der Waals surface area contributed by atoms with E-state index in [4.69, 9.17) is 14.2 Å². The van der Waals surface area contributed by atoms with E-state index in [1.54, 1.807) is 0 Å². The second-order valence-corrected chi connectivity index (χ2v) is 4.76. The van der Waals surface area contributed by atoms with Crippen LogP contribution < -0.4 is 4.74 Å². The van der Waals surface area contributed by atoms with E-state index in [1.165, 1.54) is 0 Å². The highest BCUT2D eigenvalue weighted by molar-refractivity contribution is 5.38. The predicted octanol–water partition coefficient (Wildman–Crippen LogP) is 2.28. The smallest absolute Gasteiger partial charge is 0.172 e. The van der Waals surface area contributed by atoms with Crippen LogP contribution in [-0.4, -0.2) is 25.6 Å². The first-order chi connectivity index (χ1) is 8.60. The van der Waals surface area contributed by atoms with Crippen LogP contribution >= 0.6 is 0 Å². The Bertz CT molecular complexity index is 470. The summed E-state index contributed by atoms with van der Waals surface area (Å²) in [5.41, 5.74) is 0.270. The number of fused-ring (bicyclic) bond motifs is 1. The summed E-state index contributed by atoms with van der Waals surface area (Å²) in [4.78, 5) is 0. The molecule has 2 aliphatic heterocycles. The molecule has 1 aromatic carbocycles. The van der Waals surface area contributed by atoms with Crippen LogP contribution in [0.4, 0.5) is 8.78 Å². The highest BCUT2D eigenvalue weighted by Gasteiger charge is 2.43. The normalized spacial score (nSPS) is 25.6. The molecule has 0 aliphatic carbocycles. The SMILES string of the molecule is CC1([C@@H]2COc3c(F)ccc(F)c3C2)OCCO1. The fourth-order valence-corrected chi connectivity index (χ4v) is 2.51. The van der Waals surface area contributed by atoms with Crippen LogP contribution in [0.2, 0.25) is 0 Å². The van der Waals surface area contributed by atoms with E-state index in [0.717, 1.165) is 12.1 Å². The molecule has 1 aromatic rings. The molecule has 0 radical (unpaired) electrons. The molecule has 1 atom stereocenters. The van der Waals surface area contributed by atoms with Crippen LogP contribution in [0, 0.1) is 17.6 Å². The Morgan fingerprint density at radius 1 is 1.17 bits per heavy atom. The van der Waals surface area contributed by atoms with Gasteiger partial charge in [-0.3, -0.25) is 0 Å². The fourth-order valence-electron chi connectivity index (χ4n) is 2.51. The maximum atomic E-state index is 13.7. The molecular formula is C13H14F2O3. The molecule has 18 heavy (non-hydrogen) atoms. The fraction of sp³-hybridized carbons (Fsp3) is 0.538. The Morgan fingerprint density at radius 3 is 2.56 bits per heavy atom. The van der Waals surface area contributed by atoms with Gasteiger partial charge in [-0.1, -0.05) is 0 Å². The third kappa shape index (κ3) is 1.78. The second-order valence-electron chi connectivity index (χ2n) is 4.76. The second kappa shape index (κ2) is 4.17. The Hall–Kier alpha value is -1.20. The van der Waals surface area contributed by atoms with E-state index in [1.807, 2.05) is 6.92 Å². The van der Waals surface area contributed by atoms with Crippen molar-refractivity contribution in [3.8, 4) is 5.75 Å². The minimum absolute atomic E-state index is 0.0212. The minimum atomic E-state index is -0.767. The zero-order chi connectivity index (χ0) is 12.8. The van der Waals surface area contributed by atoms with Gasteiger partial charge in [0.1, 0.15) is 5.82 Å². The molecule has 1 fully saturated rings. The number of hydrogen-bond acceptors (Lipinski definition) is 3. The summed E-state index contributed by atoms with van der Waals surface area (Å²) < 4.78 is 43.6. The summed E-state index contributed by atoms with van der Waals surface area (Å²) in [5, 5.41) is 0. The molecule has 2 aliphatic rings. The Kier molecular flexibility index (Phi) is 2.75. The van der Waals surface area contributed by atoms with Gasteiger partial charge in [-0.25, -0.2) is 8.78 Å². The Balaban J connectivity index is 1.91. The topological polar surface area (TPSA) is 27.7 Å². The molecule has 0 unspecified atom stereocenters. The third-order valence-corrected chi connectivity index (χ3v) is 3.64. The van der Waals surface area contributed by atoms with E-state index < -0.39 is 17.4 Å². The first kappa shape index (κ1) is 11.9. The van der Waals surface area contributed by atoms with Gasteiger partial charge in [-0.05, 0) is 25.5 Å². The van der Waals surface area contributed by atoms with Gasteiger partial charge in [0.25, 0.3) is 0 Å². The van der Waals surface area contributed by atoms with Gasteiger partial charge in [0.15, 0.2) is 17.4 Å².